The Labute approximate surface area is 118 Å². The van der Waals surface area contributed by atoms with E-state index in [1.54, 1.807) is 0 Å². The van der Waals surface area contributed by atoms with Crippen molar-refractivity contribution in [2.45, 2.75) is 11.3 Å². The Balaban J connectivity index is 2.26. The molecule has 1 aliphatic rings. The van der Waals surface area contributed by atoms with E-state index in [0.717, 1.165) is 0 Å². The molecule has 0 spiro atoms. The van der Waals surface area contributed by atoms with Crippen LogP contribution in [-0.4, -0.2) is 49.1 Å². The summed E-state index contributed by atoms with van der Waals surface area (Å²) in [4.78, 5) is 4.04. The number of aliphatic hydroxyl groups excluding tert-OH is 1. The summed E-state index contributed by atoms with van der Waals surface area (Å²) >= 11 is 0. The minimum atomic E-state index is -3.57. The normalized spacial score (nSPS) is 19.6. The maximum atomic E-state index is 12.5. The smallest absolute Gasteiger partial charge is 0.244 e. The number of hydrogen-bond donors (Lipinski definition) is 2. The first kappa shape index (κ1) is 14.9. The SMILES string of the molecule is NCC#Cc1cncc(S(=O)(=O)N2CCC(CO)C2)c1. The summed E-state index contributed by atoms with van der Waals surface area (Å²) in [5.74, 6) is 5.44. The molecule has 2 heterocycles. The van der Waals surface area contributed by atoms with Gasteiger partial charge in [-0.25, -0.2) is 8.42 Å². The van der Waals surface area contributed by atoms with E-state index >= 15 is 0 Å². The molecular formula is C13H17N3O3S. The van der Waals surface area contributed by atoms with Crippen LogP contribution in [0.15, 0.2) is 23.4 Å². The van der Waals surface area contributed by atoms with Crippen LogP contribution in [0, 0.1) is 17.8 Å². The lowest BCUT2D eigenvalue weighted by molar-refractivity contribution is 0.233. The monoisotopic (exact) mass is 295 g/mol. The van der Waals surface area contributed by atoms with Gasteiger partial charge in [0, 0.05) is 37.7 Å². The number of sulfonamides is 1. The predicted octanol–water partition coefficient (Wildman–Crippen LogP) is -0.605. The van der Waals surface area contributed by atoms with Crippen LogP contribution in [-0.2, 0) is 10.0 Å². The summed E-state index contributed by atoms with van der Waals surface area (Å²) in [5, 5.41) is 9.10. The molecule has 1 fully saturated rings. The van der Waals surface area contributed by atoms with Gasteiger partial charge in [0.2, 0.25) is 10.0 Å². The molecule has 0 radical (unpaired) electrons. The summed E-state index contributed by atoms with van der Waals surface area (Å²) in [5.41, 5.74) is 5.81. The fourth-order valence-electron chi connectivity index (χ4n) is 2.09. The molecule has 3 N–H and O–H groups in total. The zero-order chi connectivity index (χ0) is 14.6. The molecule has 0 aliphatic carbocycles. The highest BCUT2D eigenvalue weighted by Crippen LogP contribution is 2.23. The van der Waals surface area contributed by atoms with Gasteiger partial charge in [-0.05, 0) is 18.4 Å². The van der Waals surface area contributed by atoms with Crippen LogP contribution in [0.1, 0.15) is 12.0 Å². The van der Waals surface area contributed by atoms with Crippen molar-refractivity contribution in [2.24, 2.45) is 11.7 Å². The zero-order valence-corrected chi connectivity index (χ0v) is 11.8. The lowest BCUT2D eigenvalue weighted by Crippen LogP contribution is -2.29. The van der Waals surface area contributed by atoms with E-state index in [2.05, 4.69) is 16.8 Å². The number of aliphatic hydroxyl groups is 1. The van der Waals surface area contributed by atoms with Crippen molar-refractivity contribution in [1.29, 1.82) is 0 Å². The fourth-order valence-corrected chi connectivity index (χ4v) is 3.62. The van der Waals surface area contributed by atoms with E-state index in [1.165, 1.54) is 22.8 Å². The van der Waals surface area contributed by atoms with Gasteiger partial charge in [-0.1, -0.05) is 11.8 Å². The molecule has 1 unspecified atom stereocenters. The minimum Gasteiger partial charge on any atom is -0.396 e. The minimum absolute atomic E-state index is 0.00624. The predicted molar refractivity (Wildman–Crippen MR) is 74.1 cm³/mol. The number of nitrogens with zero attached hydrogens (tertiary/aromatic N) is 2. The first-order valence-corrected chi connectivity index (χ1v) is 7.77. The topological polar surface area (TPSA) is 96.5 Å². The Kier molecular flexibility index (Phi) is 4.73. The maximum Gasteiger partial charge on any atom is 0.244 e. The van der Waals surface area contributed by atoms with Gasteiger partial charge < -0.3 is 10.8 Å². The van der Waals surface area contributed by atoms with Gasteiger partial charge in [-0.3, -0.25) is 4.98 Å². The van der Waals surface area contributed by atoms with Gasteiger partial charge >= 0.3 is 0 Å². The van der Waals surface area contributed by atoms with Crippen LogP contribution in [0.4, 0.5) is 0 Å². The number of hydrogen-bond acceptors (Lipinski definition) is 5. The Morgan fingerprint density at radius 2 is 2.30 bits per heavy atom. The maximum absolute atomic E-state index is 12.5. The standard InChI is InChI=1S/C13H17N3O3S/c14-4-1-2-11-6-13(8-15-7-11)20(18,19)16-5-3-12(9-16)10-17/h6-8,12,17H,3-5,9-10,14H2. The van der Waals surface area contributed by atoms with E-state index in [0.29, 0.717) is 25.1 Å². The highest BCUT2D eigenvalue weighted by atomic mass is 32.2. The molecule has 0 bridgehead atoms. The lowest BCUT2D eigenvalue weighted by atomic mass is 10.1. The average molecular weight is 295 g/mol. The zero-order valence-electron chi connectivity index (χ0n) is 11.0. The molecular weight excluding hydrogens is 278 g/mol. The third-order valence-electron chi connectivity index (χ3n) is 3.19. The van der Waals surface area contributed by atoms with E-state index in [1.807, 2.05) is 0 Å². The molecule has 0 saturated carbocycles. The molecule has 6 nitrogen and oxygen atoms in total. The van der Waals surface area contributed by atoms with Crippen LogP contribution in [0.25, 0.3) is 0 Å². The Morgan fingerprint density at radius 1 is 1.50 bits per heavy atom. The molecule has 1 aromatic rings. The van der Waals surface area contributed by atoms with Crippen LogP contribution in [0.2, 0.25) is 0 Å². The summed E-state index contributed by atoms with van der Waals surface area (Å²) in [6, 6.07) is 1.50. The van der Waals surface area contributed by atoms with Crippen LogP contribution in [0.5, 0.6) is 0 Å². The van der Waals surface area contributed by atoms with Crippen molar-refractivity contribution < 1.29 is 13.5 Å². The molecule has 108 valence electrons. The fraction of sp³-hybridized carbons (Fsp3) is 0.462. The Bertz CT molecular complexity index is 634. The van der Waals surface area contributed by atoms with Crippen LogP contribution in [0.3, 0.4) is 0 Å². The van der Waals surface area contributed by atoms with Crippen molar-refractivity contribution in [3.8, 4) is 11.8 Å². The third-order valence-corrected chi connectivity index (χ3v) is 5.02. The quantitative estimate of drug-likeness (QED) is 0.726. The van der Waals surface area contributed by atoms with Crippen molar-refractivity contribution in [2.75, 3.05) is 26.2 Å². The molecule has 0 aromatic carbocycles. The van der Waals surface area contributed by atoms with Gasteiger partial charge in [0.25, 0.3) is 0 Å². The summed E-state index contributed by atoms with van der Waals surface area (Å²) < 4.78 is 26.3. The highest BCUT2D eigenvalue weighted by molar-refractivity contribution is 7.89. The highest BCUT2D eigenvalue weighted by Gasteiger charge is 2.32. The first-order valence-electron chi connectivity index (χ1n) is 6.33. The average Bonchev–Trinajstić information content (AvgIpc) is 2.95. The van der Waals surface area contributed by atoms with Crippen molar-refractivity contribution >= 4 is 10.0 Å². The second-order valence-corrected chi connectivity index (χ2v) is 6.55. The molecule has 2 rings (SSSR count). The van der Waals surface area contributed by atoms with Crippen molar-refractivity contribution in [3.63, 3.8) is 0 Å². The second kappa shape index (κ2) is 6.33. The molecule has 0 amide bonds. The first-order chi connectivity index (χ1) is 9.57. The lowest BCUT2D eigenvalue weighted by Gasteiger charge is -2.16. The molecule has 7 heteroatoms. The van der Waals surface area contributed by atoms with E-state index < -0.39 is 10.0 Å². The third kappa shape index (κ3) is 3.16. The number of aromatic nitrogens is 1. The molecule has 1 aromatic heterocycles. The summed E-state index contributed by atoms with van der Waals surface area (Å²) in [6.07, 6.45) is 3.49. The Hall–Kier alpha value is -1.46. The van der Waals surface area contributed by atoms with E-state index in [4.69, 9.17) is 10.8 Å². The number of pyridine rings is 1. The van der Waals surface area contributed by atoms with Crippen molar-refractivity contribution in [3.05, 3.63) is 24.0 Å². The summed E-state index contributed by atoms with van der Waals surface area (Å²) in [6.45, 7) is 0.984. The number of rotatable bonds is 3. The molecule has 20 heavy (non-hydrogen) atoms. The van der Waals surface area contributed by atoms with E-state index in [-0.39, 0.29) is 24.0 Å². The number of nitrogens with two attached hydrogens (primary N) is 1. The van der Waals surface area contributed by atoms with Gasteiger partial charge in [0.1, 0.15) is 4.90 Å². The Morgan fingerprint density at radius 3 is 2.95 bits per heavy atom. The van der Waals surface area contributed by atoms with Crippen LogP contribution < -0.4 is 5.73 Å². The summed E-state index contributed by atoms with van der Waals surface area (Å²) in [7, 11) is -3.57. The van der Waals surface area contributed by atoms with Gasteiger partial charge in [0.15, 0.2) is 0 Å². The second-order valence-electron chi connectivity index (χ2n) is 4.62. The van der Waals surface area contributed by atoms with Gasteiger partial charge in [0.05, 0.1) is 6.54 Å². The van der Waals surface area contributed by atoms with Crippen molar-refractivity contribution in [1.82, 2.24) is 9.29 Å². The molecule has 1 saturated heterocycles. The largest absolute Gasteiger partial charge is 0.396 e. The molecule has 1 atom stereocenters. The van der Waals surface area contributed by atoms with Gasteiger partial charge in [-0.2, -0.15) is 4.31 Å². The molecule has 1 aliphatic heterocycles. The van der Waals surface area contributed by atoms with E-state index in [9.17, 15) is 8.42 Å². The van der Waals surface area contributed by atoms with Crippen LogP contribution >= 0.6 is 0 Å². The van der Waals surface area contributed by atoms with Gasteiger partial charge in [-0.15, -0.1) is 0 Å².